The standard InChI is InChI=1S/C17H16N4OS/c18-13-15-4-2-1-3-14(15)5-6-16(22)20-8-10-21(11-9-20)17-19-7-12-23-17/h1-7,12H,8-11H2/b6-5-. The van der Waals surface area contributed by atoms with E-state index in [1.54, 1.807) is 35.8 Å². The van der Waals surface area contributed by atoms with Gasteiger partial charge in [0.05, 0.1) is 11.6 Å². The molecule has 0 aliphatic carbocycles. The Morgan fingerprint density at radius 2 is 2.04 bits per heavy atom. The van der Waals surface area contributed by atoms with E-state index in [1.165, 1.54) is 0 Å². The minimum Gasteiger partial charge on any atom is -0.345 e. The summed E-state index contributed by atoms with van der Waals surface area (Å²) < 4.78 is 0. The maximum atomic E-state index is 12.3. The SMILES string of the molecule is N#Cc1ccccc1/C=C\C(=O)N1CCN(c2nccs2)CC1. The van der Waals surface area contributed by atoms with Gasteiger partial charge in [-0.3, -0.25) is 4.79 Å². The van der Waals surface area contributed by atoms with Crippen LogP contribution >= 0.6 is 11.3 Å². The lowest BCUT2D eigenvalue weighted by molar-refractivity contribution is -0.126. The van der Waals surface area contributed by atoms with Crippen LogP contribution in [0.4, 0.5) is 5.13 Å². The third-order valence-electron chi connectivity index (χ3n) is 3.77. The van der Waals surface area contributed by atoms with E-state index in [9.17, 15) is 4.79 Å². The summed E-state index contributed by atoms with van der Waals surface area (Å²) in [6, 6.07) is 9.39. The molecule has 2 heterocycles. The van der Waals surface area contributed by atoms with Crippen LogP contribution in [0.25, 0.3) is 6.08 Å². The summed E-state index contributed by atoms with van der Waals surface area (Å²) in [6.45, 7) is 2.95. The predicted octanol–water partition coefficient (Wildman–Crippen LogP) is 2.38. The summed E-state index contributed by atoms with van der Waals surface area (Å²) in [4.78, 5) is 20.6. The fourth-order valence-electron chi connectivity index (χ4n) is 2.50. The smallest absolute Gasteiger partial charge is 0.246 e. The molecular formula is C17H16N4OS. The highest BCUT2D eigenvalue weighted by atomic mass is 32.1. The van der Waals surface area contributed by atoms with E-state index in [0.29, 0.717) is 18.7 Å². The van der Waals surface area contributed by atoms with Crippen LogP contribution in [-0.4, -0.2) is 42.0 Å². The number of aromatic nitrogens is 1. The van der Waals surface area contributed by atoms with E-state index >= 15 is 0 Å². The molecule has 23 heavy (non-hydrogen) atoms. The molecule has 1 aliphatic rings. The average molecular weight is 324 g/mol. The summed E-state index contributed by atoms with van der Waals surface area (Å²) in [7, 11) is 0. The summed E-state index contributed by atoms with van der Waals surface area (Å²) in [5.41, 5.74) is 1.34. The second-order valence-corrected chi connectivity index (χ2v) is 6.03. The molecule has 6 heteroatoms. The van der Waals surface area contributed by atoms with Gasteiger partial charge in [0.15, 0.2) is 5.13 Å². The molecule has 0 unspecified atom stereocenters. The maximum absolute atomic E-state index is 12.3. The molecule has 116 valence electrons. The third-order valence-corrected chi connectivity index (χ3v) is 4.60. The van der Waals surface area contributed by atoms with Crippen molar-refractivity contribution in [3.8, 4) is 6.07 Å². The Balaban J connectivity index is 1.59. The van der Waals surface area contributed by atoms with Crippen molar-refractivity contribution in [3.63, 3.8) is 0 Å². The minimum absolute atomic E-state index is 0.0171. The zero-order valence-electron chi connectivity index (χ0n) is 12.6. The van der Waals surface area contributed by atoms with E-state index in [-0.39, 0.29) is 5.91 Å². The number of rotatable bonds is 3. The van der Waals surface area contributed by atoms with Gasteiger partial charge < -0.3 is 9.80 Å². The lowest BCUT2D eigenvalue weighted by atomic mass is 10.1. The molecule has 1 saturated heterocycles. The average Bonchev–Trinajstić information content (AvgIpc) is 3.14. The van der Waals surface area contributed by atoms with Crippen molar-refractivity contribution in [2.45, 2.75) is 0 Å². The number of amides is 1. The molecule has 0 bridgehead atoms. The number of nitriles is 1. The van der Waals surface area contributed by atoms with Crippen molar-refractivity contribution in [1.29, 1.82) is 5.26 Å². The molecule has 1 amide bonds. The highest BCUT2D eigenvalue weighted by Gasteiger charge is 2.20. The zero-order chi connectivity index (χ0) is 16.1. The predicted molar refractivity (Wildman–Crippen MR) is 91.1 cm³/mol. The lowest BCUT2D eigenvalue weighted by Gasteiger charge is -2.34. The Hall–Kier alpha value is -2.65. The Kier molecular flexibility index (Phi) is 4.69. The van der Waals surface area contributed by atoms with E-state index in [1.807, 2.05) is 28.5 Å². The van der Waals surface area contributed by atoms with Crippen molar-refractivity contribution in [3.05, 3.63) is 53.0 Å². The van der Waals surface area contributed by atoms with E-state index in [4.69, 9.17) is 5.26 Å². The number of nitrogens with zero attached hydrogens (tertiary/aromatic N) is 4. The Morgan fingerprint density at radius 3 is 2.74 bits per heavy atom. The van der Waals surface area contributed by atoms with Crippen LogP contribution in [0.15, 0.2) is 41.9 Å². The number of piperazine rings is 1. The molecule has 1 fully saturated rings. The van der Waals surface area contributed by atoms with Crippen LogP contribution in [0.2, 0.25) is 0 Å². The first-order valence-corrected chi connectivity index (χ1v) is 8.26. The van der Waals surface area contributed by atoms with Crippen molar-refractivity contribution in [2.24, 2.45) is 0 Å². The third kappa shape index (κ3) is 3.58. The summed E-state index contributed by atoms with van der Waals surface area (Å²) >= 11 is 1.62. The van der Waals surface area contributed by atoms with E-state index < -0.39 is 0 Å². The van der Waals surface area contributed by atoms with Gasteiger partial charge in [0.1, 0.15) is 0 Å². The molecular weight excluding hydrogens is 308 g/mol. The molecule has 0 saturated carbocycles. The Morgan fingerprint density at radius 1 is 1.26 bits per heavy atom. The summed E-state index contributed by atoms with van der Waals surface area (Å²) in [5.74, 6) is -0.0171. The van der Waals surface area contributed by atoms with E-state index in [2.05, 4.69) is 16.0 Å². The Bertz CT molecular complexity index is 740. The molecule has 3 rings (SSSR count). The number of hydrogen-bond donors (Lipinski definition) is 0. The van der Waals surface area contributed by atoms with Crippen molar-refractivity contribution in [2.75, 3.05) is 31.1 Å². The summed E-state index contributed by atoms with van der Waals surface area (Å²) in [6.07, 6.45) is 5.07. The first-order valence-electron chi connectivity index (χ1n) is 7.38. The monoisotopic (exact) mass is 324 g/mol. The van der Waals surface area contributed by atoms with Gasteiger partial charge in [0.2, 0.25) is 5.91 Å². The molecule has 0 atom stereocenters. The van der Waals surface area contributed by atoms with Gasteiger partial charge in [-0.05, 0) is 17.7 Å². The van der Waals surface area contributed by atoms with Crippen LogP contribution in [0.5, 0.6) is 0 Å². The van der Waals surface area contributed by atoms with Crippen LogP contribution < -0.4 is 4.90 Å². The minimum atomic E-state index is -0.0171. The quantitative estimate of drug-likeness (QED) is 0.813. The van der Waals surface area contributed by atoms with Crippen molar-refractivity contribution in [1.82, 2.24) is 9.88 Å². The van der Waals surface area contributed by atoms with E-state index in [0.717, 1.165) is 23.8 Å². The second kappa shape index (κ2) is 7.07. The van der Waals surface area contributed by atoms with Gasteiger partial charge in [-0.1, -0.05) is 18.2 Å². The van der Waals surface area contributed by atoms with Crippen molar-refractivity contribution >= 4 is 28.5 Å². The molecule has 1 aromatic carbocycles. The fourth-order valence-corrected chi connectivity index (χ4v) is 3.20. The van der Waals surface area contributed by atoms with Gasteiger partial charge >= 0.3 is 0 Å². The second-order valence-electron chi connectivity index (χ2n) is 5.16. The highest BCUT2D eigenvalue weighted by Crippen LogP contribution is 2.19. The fraction of sp³-hybridized carbons (Fsp3) is 0.235. The lowest BCUT2D eigenvalue weighted by Crippen LogP contribution is -2.48. The van der Waals surface area contributed by atoms with Gasteiger partial charge in [-0.15, -0.1) is 11.3 Å². The molecule has 0 spiro atoms. The first-order chi connectivity index (χ1) is 11.3. The normalized spacial score (nSPS) is 14.9. The number of benzene rings is 1. The number of anilines is 1. The van der Waals surface area contributed by atoms with Crippen LogP contribution in [0.3, 0.4) is 0 Å². The molecule has 2 aromatic rings. The highest BCUT2D eigenvalue weighted by molar-refractivity contribution is 7.13. The topological polar surface area (TPSA) is 60.2 Å². The zero-order valence-corrected chi connectivity index (χ0v) is 13.4. The number of carbonyl (C=O) groups excluding carboxylic acids is 1. The van der Waals surface area contributed by atoms with Crippen LogP contribution in [0, 0.1) is 11.3 Å². The number of carbonyl (C=O) groups is 1. The maximum Gasteiger partial charge on any atom is 0.246 e. The molecule has 1 aliphatic heterocycles. The first kappa shape index (κ1) is 15.3. The molecule has 5 nitrogen and oxygen atoms in total. The summed E-state index contributed by atoms with van der Waals surface area (Å²) in [5, 5.41) is 12.0. The van der Waals surface area contributed by atoms with Gasteiger partial charge in [-0.2, -0.15) is 5.26 Å². The number of thiazole rings is 1. The Labute approximate surface area is 139 Å². The van der Waals surface area contributed by atoms with Crippen LogP contribution in [-0.2, 0) is 4.79 Å². The molecule has 0 radical (unpaired) electrons. The molecule has 0 N–H and O–H groups in total. The van der Waals surface area contributed by atoms with Gasteiger partial charge in [0.25, 0.3) is 0 Å². The largest absolute Gasteiger partial charge is 0.345 e. The van der Waals surface area contributed by atoms with Gasteiger partial charge in [0, 0.05) is 43.8 Å². The van der Waals surface area contributed by atoms with Crippen molar-refractivity contribution < 1.29 is 4.79 Å². The van der Waals surface area contributed by atoms with Crippen LogP contribution in [0.1, 0.15) is 11.1 Å². The number of hydrogen-bond acceptors (Lipinski definition) is 5. The molecule has 1 aromatic heterocycles. The van der Waals surface area contributed by atoms with Gasteiger partial charge in [-0.25, -0.2) is 4.98 Å².